The van der Waals surface area contributed by atoms with E-state index in [0.717, 1.165) is 0 Å². The first-order chi connectivity index (χ1) is 5.27. The molecule has 1 aromatic carbocycles. The van der Waals surface area contributed by atoms with Crippen molar-refractivity contribution in [1.82, 2.24) is 0 Å². The summed E-state index contributed by atoms with van der Waals surface area (Å²) in [6.07, 6.45) is 0. The van der Waals surface area contributed by atoms with Crippen molar-refractivity contribution in [3.63, 3.8) is 0 Å². The minimum Gasteiger partial charge on any atom is -0.489 e. The second-order valence-corrected chi connectivity index (χ2v) is 2.35. The summed E-state index contributed by atoms with van der Waals surface area (Å²) >= 11 is 5.63. The van der Waals surface area contributed by atoms with Gasteiger partial charge < -0.3 is 4.74 Å². The number of methoxy groups -OCH3 is 1. The molecule has 0 aliphatic rings. The molecule has 4 heteroatoms. The molecule has 1 rings (SSSR count). The zero-order valence-corrected chi connectivity index (χ0v) is 6.67. The van der Waals surface area contributed by atoms with E-state index in [4.69, 9.17) is 21.7 Å². The molecule has 56 valence electrons. The SMILES string of the molecule is COc1ccc(Cl)cc1[N+]#N. The largest absolute Gasteiger partial charge is 0.489 e. The maximum atomic E-state index is 8.46. The molecule has 0 saturated carbocycles. The first-order valence-electron chi connectivity index (χ1n) is 2.96. The van der Waals surface area contributed by atoms with Gasteiger partial charge in [-0.3, -0.25) is 0 Å². The molecule has 0 bridgehead atoms. The van der Waals surface area contributed by atoms with Gasteiger partial charge in [0, 0.05) is 5.02 Å². The van der Waals surface area contributed by atoms with Crippen LogP contribution in [0.1, 0.15) is 0 Å². The van der Waals surface area contributed by atoms with Gasteiger partial charge in [-0.2, -0.15) is 0 Å². The number of nitrogens with zero attached hydrogens (tertiary/aromatic N) is 2. The minimum absolute atomic E-state index is 0.333. The van der Waals surface area contributed by atoms with Crippen molar-refractivity contribution in [1.29, 1.82) is 5.39 Å². The molecule has 0 heterocycles. The van der Waals surface area contributed by atoms with Crippen LogP contribution in [-0.2, 0) is 0 Å². The predicted molar refractivity (Wildman–Crippen MR) is 42.7 cm³/mol. The highest BCUT2D eigenvalue weighted by Gasteiger charge is 2.13. The molecule has 0 unspecified atom stereocenters. The van der Waals surface area contributed by atoms with Crippen molar-refractivity contribution in [3.05, 3.63) is 28.2 Å². The average Bonchev–Trinajstić information content (AvgIpc) is 2.04. The summed E-state index contributed by atoms with van der Waals surface area (Å²) in [7, 11) is 1.50. The molecule has 0 spiro atoms. The fourth-order valence-corrected chi connectivity index (χ4v) is 0.908. The van der Waals surface area contributed by atoms with E-state index in [0.29, 0.717) is 16.5 Å². The van der Waals surface area contributed by atoms with Crippen molar-refractivity contribution < 1.29 is 4.74 Å². The third-order valence-corrected chi connectivity index (χ3v) is 1.48. The third kappa shape index (κ3) is 1.60. The second kappa shape index (κ2) is 3.22. The highest BCUT2D eigenvalue weighted by atomic mass is 35.5. The van der Waals surface area contributed by atoms with Gasteiger partial charge in [-0.25, -0.2) is 0 Å². The van der Waals surface area contributed by atoms with Gasteiger partial charge in [-0.05, 0) is 12.1 Å². The molecule has 0 aliphatic heterocycles. The van der Waals surface area contributed by atoms with Gasteiger partial charge in [0.1, 0.15) is 0 Å². The Balaban J connectivity index is 3.19. The van der Waals surface area contributed by atoms with Crippen molar-refractivity contribution in [3.8, 4) is 5.75 Å². The highest BCUT2D eigenvalue weighted by Crippen LogP contribution is 2.29. The van der Waals surface area contributed by atoms with Crippen LogP contribution >= 0.6 is 11.6 Å². The Bertz CT molecular complexity index is 306. The van der Waals surface area contributed by atoms with Gasteiger partial charge in [0.05, 0.1) is 13.2 Å². The summed E-state index contributed by atoms with van der Waals surface area (Å²) in [5.41, 5.74) is 0.333. The van der Waals surface area contributed by atoms with Gasteiger partial charge in [-0.1, -0.05) is 11.6 Å². The Morgan fingerprint density at radius 1 is 1.55 bits per heavy atom. The lowest BCUT2D eigenvalue weighted by Crippen LogP contribution is -1.81. The third-order valence-electron chi connectivity index (χ3n) is 1.25. The topological polar surface area (TPSA) is 37.4 Å². The Morgan fingerprint density at radius 2 is 2.27 bits per heavy atom. The quantitative estimate of drug-likeness (QED) is 0.607. The molecule has 3 nitrogen and oxygen atoms in total. The van der Waals surface area contributed by atoms with E-state index in [2.05, 4.69) is 4.98 Å². The fourth-order valence-electron chi connectivity index (χ4n) is 0.741. The molecule has 0 fully saturated rings. The van der Waals surface area contributed by atoms with Crippen LogP contribution in [0.15, 0.2) is 18.2 Å². The van der Waals surface area contributed by atoms with Crippen LogP contribution in [0.25, 0.3) is 4.98 Å². The van der Waals surface area contributed by atoms with Crippen molar-refractivity contribution in [2.45, 2.75) is 0 Å². The van der Waals surface area contributed by atoms with Crippen LogP contribution in [0.3, 0.4) is 0 Å². The Morgan fingerprint density at radius 3 is 2.82 bits per heavy atom. The number of hydrogen-bond donors (Lipinski definition) is 0. The molecule has 0 radical (unpaired) electrons. The first kappa shape index (κ1) is 7.83. The number of halogens is 1. The van der Waals surface area contributed by atoms with E-state index < -0.39 is 0 Å². The van der Waals surface area contributed by atoms with Gasteiger partial charge in [0.2, 0.25) is 11.1 Å². The second-order valence-electron chi connectivity index (χ2n) is 1.92. The van der Waals surface area contributed by atoms with Gasteiger partial charge >= 0.3 is 5.69 Å². The lowest BCUT2D eigenvalue weighted by Gasteiger charge is -1.93. The minimum atomic E-state index is 0.333. The van der Waals surface area contributed by atoms with Crippen molar-refractivity contribution >= 4 is 17.3 Å². The first-order valence-corrected chi connectivity index (χ1v) is 3.34. The smallest absolute Gasteiger partial charge is 0.427 e. The van der Waals surface area contributed by atoms with E-state index in [1.165, 1.54) is 13.2 Å². The van der Waals surface area contributed by atoms with Crippen LogP contribution in [0, 0.1) is 5.39 Å². The van der Waals surface area contributed by atoms with Crippen LogP contribution in [0.4, 0.5) is 5.69 Å². The lowest BCUT2D eigenvalue weighted by atomic mass is 10.3. The molecule has 0 amide bonds. The van der Waals surface area contributed by atoms with Crippen molar-refractivity contribution in [2.24, 2.45) is 0 Å². The standard InChI is InChI=1S/C7H6ClN2O/c1-11-7-3-2-5(8)4-6(7)10-9/h2-4H,1H3/q+1. The predicted octanol–water partition coefficient (Wildman–Crippen LogP) is 2.83. The maximum Gasteiger partial charge on any atom is 0.427 e. The van der Waals surface area contributed by atoms with Crippen LogP contribution < -0.4 is 4.74 Å². The average molecular weight is 170 g/mol. The van der Waals surface area contributed by atoms with E-state index >= 15 is 0 Å². The van der Waals surface area contributed by atoms with Crippen LogP contribution in [0.5, 0.6) is 5.75 Å². The Labute approximate surface area is 69.2 Å². The molecule has 0 aromatic heterocycles. The molecular weight excluding hydrogens is 164 g/mol. The lowest BCUT2D eigenvalue weighted by molar-refractivity contribution is 0.417. The number of benzene rings is 1. The van der Waals surface area contributed by atoms with E-state index in [-0.39, 0.29) is 0 Å². The summed E-state index contributed by atoms with van der Waals surface area (Å²) in [6.45, 7) is 0. The summed E-state index contributed by atoms with van der Waals surface area (Å²) in [4.78, 5) is 2.99. The van der Waals surface area contributed by atoms with Gasteiger partial charge in [0.25, 0.3) is 0 Å². The fraction of sp³-hybridized carbons (Fsp3) is 0.143. The summed E-state index contributed by atoms with van der Waals surface area (Å²) in [6, 6.07) is 4.81. The Kier molecular flexibility index (Phi) is 2.29. The van der Waals surface area contributed by atoms with Crippen molar-refractivity contribution in [2.75, 3.05) is 7.11 Å². The van der Waals surface area contributed by atoms with Crippen LogP contribution in [-0.4, -0.2) is 7.11 Å². The molecular formula is C7H6ClN2O+. The van der Waals surface area contributed by atoms with E-state index in [1.807, 2.05) is 0 Å². The monoisotopic (exact) mass is 169 g/mol. The Hall–Kier alpha value is -1.27. The number of diazo groups is 1. The van der Waals surface area contributed by atoms with Gasteiger partial charge in [-0.15, -0.1) is 0 Å². The zero-order chi connectivity index (χ0) is 8.27. The molecule has 0 N–H and O–H groups in total. The highest BCUT2D eigenvalue weighted by molar-refractivity contribution is 6.30. The molecule has 0 aliphatic carbocycles. The summed E-state index contributed by atoms with van der Waals surface area (Å²) < 4.78 is 4.88. The summed E-state index contributed by atoms with van der Waals surface area (Å²) in [5, 5.41) is 8.97. The van der Waals surface area contributed by atoms with E-state index in [9.17, 15) is 0 Å². The molecule has 11 heavy (non-hydrogen) atoms. The summed E-state index contributed by atoms with van der Waals surface area (Å²) in [5.74, 6) is 0.497. The number of ether oxygens (including phenoxy) is 1. The van der Waals surface area contributed by atoms with E-state index in [1.54, 1.807) is 12.1 Å². The zero-order valence-electron chi connectivity index (χ0n) is 5.91. The van der Waals surface area contributed by atoms with Gasteiger partial charge in [0.15, 0.2) is 4.98 Å². The number of hydrogen-bond acceptors (Lipinski definition) is 2. The molecule has 0 saturated heterocycles. The maximum absolute atomic E-state index is 8.46. The molecule has 0 atom stereocenters. The molecule has 1 aromatic rings. The number of rotatable bonds is 1. The normalized spacial score (nSPS) is 8.82. The van der Waals surface area contributed by atoms with Crippen LogP contribution in [0.2, 0.25) is 5.02 Å².